The van der Waals surface area contributed by atoms with Gasteiger partial charge in [0, 0.05) is 25.1 Å². The molecular weight excluding hydrogens is 312 g/mol. The first kappa shape index (κ1) is 17.9. The molecule has 0 radical (unpaired) electrons. The van der Waals surface area contributed by atoms with Crippen molar-refractivity contribution in [1.29, 1.82) is 0 Å². The van der Waals surface area contributed by atoms with E-state index in [4.69, 9.17) is 0 Å². The van der Waals surface area contributed by atoms with Crippen LogP contribution >= 0.6 is 0 Å². The highest BCUT2D eigenvalue weighted by Gasteiger charge is 2.27. The molecule has 1 aromatic rings. The third-order valence-electron chi connectivity index (χ3n) is 3.45. The van der Waals surface area contributed by atoms with E-state index in [2.05, 4.69) is 26.4 Å². The zero-order valence-corrected chi connectivity index (χ0v) is 14.3. The van der Waals surface area contributed by atoms with Crippen molar-refractivity contribution in [3.05, 3.63) is 11.8 Å². The Morgan fingerprint density at radius 3 is 2.75 bits per heavy atom. The molecule has 1 aromatic heterocycles. The maximum absolute atomic E-state index is 12.0. The lowest BCUT2D eigenvalue weighted by Gasteiger charge is -2.30. The average Bonchev–Trinajstić information content (AvgIpc) is 2.84. The number of nitrogens with one attached hydrogen (secondary N) is 4. The van der Waals surface area contributed by atoms with Crippen LogP contribution in [0.1, 0.15) is 39.2 Å². The summed E-state index contributed by atoms with van der Waals surface area (Å²) in [7, 11) is 0. The van der Waals surface area contributed by atoms with Gasteiger partial charge in [-0.2, -0.15) is 5.10 Å². The summed E-state index contributed by atoms with van der Waals surface area (Å²) >= 11 is 0. The molecule has 132 valence electrons. The lowest BCUT2D eigenvalue weighted by Crippen LogP contribution is -2.52. The Bertz CT molecular complexity index is 639. The van der Waals surface area contributed by atoms with Gasteiger partial charge in [0.25, 0.3) is 0 Å². The van der Waals surface area contributed by atoms with Gasteiger partial charge in [0.1, 0.15) is 5.82 Å². The number of carbonyl (C=O) groups excluding carboxylic acids is 3. The summed E-state index contributed by atoms with van der Waals surface area (Å²) in [5.41, 5.74) is 0.655. The van der Waals surface area contributed by atoms with Crippen LogP contribution in [0.15, 0.2) is 6.07 Å². The first-order valence-electron chi connectivity index (χ1n) is 7.97. The second-order valence-electron chi connectivity index (χ2n) is 6.42. The SMILES string of the molecule is Cc1cc(NC(=O)C(=O)NCC(C)C)n(C2NC(=O)CC(C)N2)n1. The van der Waals surface area contributed by atoms with Crippen molar-refractivity contribution in [2.75, 3.05) is 11.9 Å². The van der Waals surface area contributed by atoms with Crippen molar-refractivity contribution < 1.29 is 14.4 Å². The van der Waals surface area contributed by atoms with Gasteiger partial charge in [-0.25, -0.2) is 4.68 Å². The van der Waals surface area contributed by atoms with E-state index in [-0.39, 0.29) is 17.9 Å². The van der Waals surface area contributed by atoms with Crippen LogP contribution < -0.4 is 21.3 Å². The Hall–Kier alpha value is -2.42. The van der Waals surface area contributed by atoms with Crippen LogP contribution in [-0.4, -0.2) is 40.1 Å². The van der Waals surface area contributed by atoms with Gasteiger partial charge in [0.05, 0.1) is 5.69 Å². The summed E-state index contributed by atoms with van der Waals surface area (Å²) in [6.07, 6.45) is -0.209. The van der Waals surface area contributed by atoms with Gasteiger partial charge in [-0.05, 0) is 19.8 Å². The summed E-state index contributed by atoms with van der Waals surface area (Å²) < 4.78 is 1.45. The summed E-state index contributed by atoms with van der Waals surface area (Å²) in [5, 5.41) is 15.3. The van der Waals surface area contributed by atoms with Gasteiger partial charge in [0.2, 0.25) is 5.91 Å². The number of carbonyl (C=O) groups is 3. The monoisotopic (exact) mass is 336 g/mol. The zero-order chi connectivity index (χ0) is 17.9. The minimum atomic E-state index is -0.771. The summed E-state index contributed by atoms with van der Waals surface area (Å²) in [6.45, 7) is 7.95. The number of hydrogen-bond acceptors (Lipinski definition) is 5. The topological polar surface area (TPSA) is 117 Å². The van der Waals surface area contributed by atoms with E-state index < -0.39 is 18.1 Å². The summed E-state index contributed by atoms with van der Waals surface area (Å²) in [6, 6.07) is 1.62. The largest absolute Gasteiger partial charge is 0.348 e. The normalized spacial score (nSPS) is 20.6. The number of hydrogen-bond donors (Lipinski definition) is 4. The first-order chi connectivity index (χ1) is 11.3. The van der Waals surface area contributed by atoms with Gasteiger partial charge >= 0.3 is 11.8 Å². The van der Waals surface area contributed by atoms with Crippen molar-refractivity contribution in [2.24, 2.45) is 5.92 Å². The number of aromatic nitrogens is 2. The molecule has 1 fully saturated rings. The third-order valence-corrected chi connectivity index (χ3v) is 3.45. The van der Waals surface area contributed by atoms with E-state index in [0.717, 1.165) is 0 Å². The molecule has 4 N–H and O–H groups in total. The van der Waals surface area contributed by atoms with Crippen LogP contribution in [0.2, 0.25) is 0 Å². The molecule has 0 spiro atoms. The molecule has 2 unspecified atom stereocenters. The second-order valence-corrected chi connectivity index (χ2v) is 6.42. The molecule has 0 aromatic carbocycles. The summed E-state index contributed by atoms with van der Waals surface area (Å²) in [4.78, 5) is 35.5. The maximum atomic E-state index is 12.0. The highest BCUT2D eigenvalue weighted by Crippen LogP contribution is 2.17. The third kappa shape index (κ3) is 4.54. The molecule has 1 aliphatic rings. The minimum Gasteiger partial charge on any atom is -0.348 e. The highest BCUT2D eigenvalue weighted by molar-refractivity contribution is 6.39. The van der Waals surface area contributed by atoms with Crippen LogP contribution in [0.4, 0.5) is 5.82 Å². The zero-order valence-electron chi connectivity index (χ0n) is 14.3. The Labute approximate surface area is 140 Å². The molecule has 3 amide bonds. The lowest BCUT2D eigenvalue weighted by atomic mass is 10.2. The van der Waals surface area contributed by atoms with Gasteiger partial charge in [-0.3, -0.25) is 19.7 Å². The van der Waals surface area contributed by atoms with Crippen LogP contribution in [0.3, 0.4) is 0 Å². The van der Waals surface area contributed by atoms with Gasteiger partial charge in [-0.15, -0.1) is 0 Å². The molecule has 2 heterocycles. The Morgan fingerprint density at radius 2 is 2.12 bits per heavy atom. The first-order valence-corrected chi connectivity index (χ1v) is 7.97. The number of rotatable bonds is 4. The maximum Gasteiger partial charge on any atom is 0.314 e. The Kier molecular flexibility index (Phi) is 5.55. The Morgan fingerprint density at radius 1 is 1.42 bits per heavy atom. The number of amides is 3. The molecule has 9 nitrogen and oxygen atoms in total. The van der Waals surface area contributed by atoms with Gasteiger partial charge in [0.15, 0.2) is 6.29 Å². The van der Waals surface area contributed by atoms with Crippen LogP contribution in [-0.2, 0) is 14.4 Å². The number of anilines is 1. The van der Waals surface area contributed by atoms with E-state index in [9.17, 15) is 14.4 Å². The van der Waals surface area contributed by atoms with E-state index in [1.165, 1.54) is 4.68 Å². The van der Waals surface area contributed by atoms with Crippen molar-refractivity contribution in [2.45, 2.75) is 46.4 Å². The molecule has 1 aliphatic heterocycles. The average molecular weight is 336 g/mol. The van der Waals surface area contributed by atoms with E-state index in [1.54, 1.807) is 13.0 Å². The van der Waals surface area contributed by atoms with Crippen molar-refractivity contribution in [1.82, 2.24) is 25.7 Å². The second kappa shape index (κ2) is 7.43. The number of aryl methyl sites for hydroxylation is 1. The molecule has 0 aliphatic carbocycles. The van der Waals surface area contributed by atoms with Crippen LogP contribution in [0.5, 0.6) is 0 Å². The van der Waals surface area contributed by atoms with Crippen molar-refractivity contribution in [3.63, 3.8) is 0 Å². The fourth-order valence-corrected chi connectivity index (χ4v) is 2.35. The van der Waals surface area contributed by atoms with Crippen LogP contribution in [0.25, 0.3) is 0 Å². The highest BCUT2D eigenvalue weighted by atomic mass is 16.2. The smallest absolute Gasteiger partial charge is 0.314 e. The van der Waals surface area contributed by atoms with Gasteiger partial charge in [-0.1, -0.05) is 13.8 Å². The molecule has 0 bridgehead atoms. The van der Waals surface area contributed by atoms with E-state index in [1.807, 2.05) is 20.8 Å². The summed E-state index contributed by atoms with van der Waals surface area (Å²) in [5.74, 6) is -0.997. The van der Waals surface area contributed by atoms with Gasteiger partial charge < -0.3 is 16.0 Å². The lowest BCUT2D eigenvalue weighted by molar-refractivity contribution is -0.136. The fourth-order valence-electron chi connectivity index (χ4n) is 2.35. The quantitative estimate of drug-likeness (QED) is 0.571. The number of nitrogens with zero attached hydrogens (tertiary/aromatic N) is 2. The van der Waals surface area contributed by atoms with Crippen molar-refractivity contribution >= 4 is 23.5 Å². The molecule has 24 heavy (non-hydrogen) atoms. The standard InChI is InChI=1S/C15H24N6O3/c1-8(2)7-16-13(23)14(24)18-11-5-10(4)20-21(11)15-17-9(3)6-12(22)19-15/h5,8-9,15,17H,6-7H2,1-4H3,(H,16,23)(H,18,24)(H,19,22). The van der Waals surface area contributed by atoms with Crippen LogP contribution in [0, 0.1) is 12.8 Å². The van der Waals surface area contributed by atoms with E-state index >= 15 is 0 Å². The molecule has 0 saturated carbocycles. The van der Waals surface area contributed by atoms with E-state index in [0.29, 0.717) is 24.5 Å². The van der Waals surface area contributed by atoms with Crippen molar-refractivity contribution in [3.8, 4) is 0 Å². The molecule has 2 rings (SSSR count). The molecular formula is C15H24N6O3. The molecule has 9 heteroatoms. The fraction of sp³-hybridized carbons (Fsp3) is 0.600. The molecule has 1 saturated heterocycles. The predicted octanol–water partition coefficient (Wildman–Crippen LogP) is -0.144. The molecule has 2 atom stereocenters. The predicted molar refractivity (Wildman–Crippen MR) is 87.8 cm³/mol. The Balaban J connectivity index is 2.09. The minimum absolute atomic E-state index is 0.0221.